The van der Waals surface area contributed by atoms with E-state index in [1.807, 2.05) is 12.1 Å². The van der Waals surface area contributed by atoms with E-state index >= 15 is 0 Å². The summed E-state index contributed by atoms with van der Waals surface area (Å²) in [7, 11) is 2.18. The van der Waals surface area contributed by atoms with Gasteiger partial charge in [0, 0.05) is 18.6 Å². The van der Waals surface area contributed by atoms with Gasteiger partial charge in [-0.25, -0.2) is 0 Å². The highest BCUT2D eigenvalue weighted by Crippen LogP contribution is 2.24. The molecule has 0 amide bonds. The number of hydrogen-bond donors (Lipinski definition) is 2. The zero-order chi connectivity index (χ0) is 14.5. The Balaban J connectivity index is 1.99. The molecule has 1 saturated heterocycles. The van der Waals surface area contributed by atoms with E-state index in [4.69, 9.17) is 10.5 Å². The van der Waals surface area contributed by atoms with Gasteiger partial charge in [-0.1, -0.05) is 6.92 Å². The first-order chi connectivity index (χ1) is 9.60. The quantitative estimate of drug-likeness (QED) is 0.865. The van der Waals surface area contributed by atoms with Gasteiger partial charge in [0.2, 0.25) is 5.88 Å². The maximum Gasteiger partial charge on any atom is 0.239 e. The molecule has 3 N–H and O–H groups in total. The summed E-state index contributed by atoms with van der Waals surface area (Å²) in [6.07, 6.45) is 3.22. The molecule has 112 valence electrons. The van der Waals surface area contributed by atoms with Crippen molar-refractivity contribution in [1.82, 2.24) is 9.88 Å². The van der Waals surface area contributed by atoms with Crippen LogP contribution in [0.15, 0.2) is 12.1 Å². The van der Waals surface area contributed by atoms with Crippen LogP contribution in [0.25, 0.3) is 0 Å². The fourth-order valence-corrected chi connectivity index (χ4v) is 2.48. The molecule has 2 atom stereocenters. The number of anilines is 2. The van der Waals surface area contributed by atoms with E-state index in [0.29, 0.717) is 30.3 Å². The Bertz CT molecular complexity index is 438. The molecule has 20 heavy (non-hydrogen) atoms. The smallest absolute Gasteiger partial charge is 0.239 e. The number of pyridine rings is 1. The van der Waals surface area contributed by atoms with Crippen molar-refractivity contribution in [1.29, 1.82) is 0 Å². The number of nitrogen functional groups attached to an aromatic ring is 1. The monoisotopic (exact) mass is 278 g/mol. The molecule has 0 saturated carbocycles. The highest BCUT2D eigenvalue weighted by molar-refractivity contribution is 5.53. The van der Waals surface area contributed by atoms with Crippen LogP contribution in [-0.4, -0.2) is 42.2 Å². The maximum absolute atomic E-state index is 5.88. The first-order valence-electron chi connectivity index (χ1n) is 7.46. The topological polar surface area (TPSA) is 63.4 Å². The Morgan fingerprint density at radius 1 is 1.50 bits per heavy atom. The lowest BCUT2D eigenvalue weighted by Crippen LogP contribution is -2.42. The van der Waals surface area contributed by atoms with Gasteiger partial charge in [-0.05, 0) is 45.4 Å². The predicted molar refractivity (Wildman–Crippen MR) is 83.2 cm³/mol. The van der Waals surface area contributed by atoms with Gasteiger partial charge >= 0.3 is 0 Å². The molecular formula is C15H26N4O. The SMILES string of the molecule is CCCOc1nc(NC2CCN(C)C(C)C2)ccc1N. The first-order valence-corrected chi connectivity index (χ1v) is 7.46. The lowest BCUT2D eigenvalue weighted by atomic mass is 9.99. The Kier molecular flexibility index (Phi) is 5.06. The molecule has 2 heterocycles. The van der Waals surface area contributed by atoms with Crippen molar-refractivity contribution in [2.75, 3.05) is 31.2 Å². The fourth-order valence-electron chi connectivity index (χ4n) is 2.48. The molecule has 0 bridgehead atoms. The van der Waals surface area contributed by atoms with Crippen LogP contribution in [0.2, 0.25) is 0 Å². The van der Waals surface area contributed by atoms with E-state index < -0.39 is 0 Å². The largest absolute Gasteiger partial charge is 0.476 e. The van der Waals surface area contributed by atoms with Gasteiger partial charge in [-0.15, -0.1) is 0 Å². The molecule has 1 aromatic heterocycles. The van der Waals surface area contributed by atoms with Crippen LogP contribution >= 0.6 is 0 Å². The van der Waals surface area contributed by atoms with Crippen LogP contribution in [0.3, 0.4) is 0 Å². The number of nitrogens with one attached hydrogen (secondary N) is 1. The van der Waals surface area contributed by atoms with E-state index in [0.717, 1.165) is 31.6 Å². The Labute approximate surface area is 121 Å². The summed E-state index contributed by atoms with van der Waals surface area (Å²) in [5.41, 5.74) is 6.48. The van der Waals surface area contributed by atoms with Crippen molar-refractivity contribution in [2.45, 2.75) is 45.2 Å². The molecule has 0 radical (unpaired) electrons. The minimum absolute atomic E-state index is 0.469. The summed E-state index contributed by atoms with van der Waals surface area (Å²) in [6, 6.07) is 4.86. The minimum Gasteiger partial charge on any atom is -0.476 e. The minimum atomic E-state index is 0.469. The van der Waals surface area contributed by atoms with E-state index in [2.05, 4.69) is 36.1 Å². The third kappa shape index (κ3) is 3.76. The third-order valence-electron chi connectivity index (χ3n) is 3.89. The van der Waals surface area contributed by atoms with Crippen molar-refractivity contribution in [3.05, 3.63) is 12.1 Å². The van der Waals surface area contributed by atoms with Gasteiger partial charge in [0.1, 0.15) is 5.82 Å². The number of rotatable bonds is 5. The zero-order valence-electron chi connectivity index (χ0n) is 12.7. The van der Waals surface area contributed by atoms with Gasteiger partial charge in [-0.2, -0.15) is 4.98 Å². The molecule has 1 fully saturated rings. The van der Waals surface area contributed by atoms with Crippen LogP contribution in [0.1, 0.15) is 33.1 Å². The standard InChI is InChI=1S/C15H26N4O/c1-4-9-20-15-13(16)5-6-14(18-15)17-12-7-8-19(3)11(2)10-12/h5-6,11-12H,4,7-10,16H2,1-3H3,(H,17,18). The summed E-state index contributed by atoms with van der Waals surface area (Å²) >= 11 is 0. The Morgan fingerprint density at radius 2 is 2.30 bits per heavy atom. The van der Waals surface area contributed by atoms with Gasteiger partial charge in [0.25, 0.3) is 0 Å². The van der Waals surface area contributed by atoms with Crippen molar-refractivity contribution in [3.63, 3.8) is 0 Å². The number of ether oxygens (including phenoxy) is 1. The van der Waals surface area contributed by atoms with Crippen molar-refractivity contribution in [3.8, 4) is 5.88 Å². The number of nitrogens with zero attached hydrogens (tertiary/aromatic N) is 2. The first kappa shape index (κ1) is 14.9. The van der Waals surface area contributed by atoms with E-state index in [1.165, 1.54) is 0 Å². The second-order valence-corrected chi connectivity index (χ2v) is 5.63. The molecule has 1 aromatic rings. The summed E-state index contributed by atoms with van der Waals surface area (Å²) in [6.45, 7) is 6.09. The summed E-state index contributed by atoms with van der Waals surface area (Å²) in [5.74, 6) is 1.39. The molecule has 1 aliphatic rings. The molecule has 2 rings (SSSR count). The molecule has 2 unspecified atom stereocenters. The van der Waals surface area contributed by atoms with E-state index in [9.17, 15) is 0 Å². The van der Waals surface area contributed by atoms with Gasteiger partial charge in [0.05, 0.1) is 12.3 Å². The number of nitrogens with two attached hydrogens (primary N) is 1. The summed E-state index contributed by atoms with van der Waals surface area (Å²) in [5, 5.41) is 3.50. The van der Waals surface area contributed by atoms with Gasteiger partial charge in [0.15, 0.2) is 0 Å². The second kappa shape index (κ2) is 6.79. The zero-order valence-corrected chi connectivity index (χ0v) is 12.7. The van der Waals surface area contributed by atoms with Crippen LogP contribution < -0.4 is 15.8 Å². The number of piperidine rings is 1. The van der Waals surface area contributed by atoms with Crippen LogP contribution in [0.4, 0.5) is 11.5 Å². The highest BCUT2D eigenvalue weighted by atomic mass is 16.5. The average molecular weight is 278 g/mol. The van der Waals surface area contributed by atoms with Crippen molar-refractivity contribution >= 4 is 11.5 Å². The Morgan fingerprint density at radius 3 is 3.00 bits per heavy atom. The lowest BCUT2D eigenvalue weighted by Gasteiger charge is -2.35. The molecule has 5 heteroatoms. The second-order valence-electron chi connectivity index (χ2n) is 5.63. The normalized spacial score (nSPS) is 23.6. The van der Waals surface area contributed by atoms with Crippen LogP contribution in [0, 0.1) is 0 Å². The van der Waals surface area contributed by atoms with E-state index in [1.54, 1.807) is 0 Å². The molecule has 0 spiro atoms. The summed E-state index contributed by atoms with van der Waals surface area (Å²) in [4.78, 5) is 6.87. The molecule has 0 aromatic carbocycles. The molecular weight excluding hydrogens is 252 g/mol. The number of hydrogen-bond acceptors (Lipinski definition) is 5. The van der Waals surface area contributed by atoms with E-state index in [-0.39, 0.29) is 0 Å². The van der Waals surface area contributed by atoms with Crippen LogP contribution in [-0.2, 0) is 0 Å². The van der Waals surface area contributed by atoms with Crippen molar-refractivity contribution < 1.29 is 4.74 Å². The van der Waals surface area contributed by atoms with Crippen LogP contribution in [0.5, 0.6) is 5.88 Å². The number of aromatic nitrogens is 1. The Hall–Kier alpha value is -1.49. The van der Waals surface area contributed by atoms with Gasteiger partial charge in [-0.3, -0.25) is 0 Å². The lowest BCUT2D eigenvalue weighted by molar-refractivity contribution is 0.190. The van der Waals surface area contributed by atoms with Gasteiger partial charge < -0.3 is 20.7 Å². The van der Waals surface area contributed by atoms with Crippen molar-refractivity contribution in [2.24, 2.45) is 0 Å². The molecule has 1 aliphatic heterocycles. The molecule has 5 nitrogen and oxygen atoms in total. The maximum atomic E-state index is 5.88. The highest BCUT2D eigenvalue weighted by Gasteiger charge is 2.22. The molecule has 0 aliphatic carbocycles. The summed E-state index contributed by atoms with van der Waals surface area (Å²) < 4.78 is 5.57. The number of likely N-dealkylation sites (tertiary alicyclic amines) is 1. The third-order valence-corrected chi connectivity index (χ3v) is 3.89. The predicted octanol–water partition coefficient (Wildman–Crippen LogP) is 2.35. The average Bonchev–Trinajstić information content (AvgIpc) is 2.43. The fraction of sp³-hybridized carbons (Fsp3) is 0.667.